The number of hydrogen-bond donors (Lipinski definition) is 2. The molecule has 2 N–H and O–H groups in total. The van der Waals surface area contributed by atoms with Crippen molar-refractivity contribution in [2.45, 2.75) is 51.0 Å². The van der Waals surface area contributed by atoms with Crippen LogP contribution in [0.25, 0.3) is 0 Å². The largest absolute Gasteiger partial charge is 0.573 e. The Morgan fingerprint density at radius 2 is 1.71 bits per heavy atom. The Bertz CT molecular complexity index is 837. The molecule has 0 bridgehead atoms. The van der Waals surface area contributed by atoms with E-state index in [0.29, 0.717) is 19.3 Å². The summed E-state index contributed by atoms with van der Waals surface area (Å²) in [5, 5.41) is 20.8. The average Bonchev–Trinajstić information content (AvgIpc) is 2.93. The number of rotatable bonds is 4. The molecule has 2 atom stereocenters. The molecule has 2 fully saturated rings. The lowest BCUT2D eigenvalue weighted by atomic mass is 9.67. The van der Waals surface area contributed by atoms with E-state index in [0.717, 1.165) is 12.1 Å². The monoisotopic (exact) mass is 444 g/mol. The van der Waals surface area contributed by atoms with Gasteiger partial charge in [0.2, 0.25) is 5.91 Å². The molecule has 1 aliphatic carbocycles. The molecule has 1 heterocycles. The maximum atomic E-state index is 13.6. The Labute approximate surface area is 178 Å². The molecule has 3 rings (SSSR count). The number of alkyl halides is 3. The summed E-state index contributed by atoms with van der Waals surface area (Å²) < 4.78 is 42.2. The molecule has 1 aliphatic heterocycles. The lowest BCUT2D eigenvalue weighted by Crippen LogP contribution is -2.56. The molecule has 31 heavy (non-hydrogen) atoms. The Hall–Kier alpha value is -2.49. The van der Waals surface area contributed by atoms with Crippen LogP contribution < -0.4 is 4.74 Å². The number of amides is 2. The molecule has 2 amide bonds. The fraction of sp³-hybridized carbons (Fsp3) is 0.619. The molecule has 1 saturated heterocycles. The van der Waals surface area contributed by atoms with Gasteiger partial charge in [-0.2, -0.15) is 0 Å². The zero-order chi connectivity index (χ0) is 23.0. The van der Waals surface area contributed by atoms with Crippen LogP contribution in [0, 0.1) is 5.41 Å². The van der Waals surface area contributed by atoms with Crippen molar-refractivity contribution >= 4 is 12.0 Å². The molecule has 0 aromatic heterocycles. The number of carbonyl (C=O) groups is 2. The highest BCUT2D eigenvalue weighted by Crippen LogP contribution is 2.53. The third-order valence-electron chi connectivity index (χ3n) is 6.54. The van der Waals surface area contributed by atoms with Crippen LogP contribution in [0.15, 0.2) is 24.3 Å². The van der Waals surface area contributed by atoms with Crippen molar-refractivity contribution in [2.24, 2.45) is 5.41 Å². The zero-order valence-corrected chi connectivity index (χ0v) is 17.5. The van der Waals surface area contributed by atoms with Gasteiger partial charge in [-0.25, -0.2) is 4.79 Å². The van der Waals surface area contributed by atoms with Crippen LogP contribution in [0.2, 0.25) is 0 Å². The van der Waals surface area contributed by atoms with E-state index in [1.165, 1.54) is 21.9 Å². The number of ether oxygens (including phenoxy) is 1. The van der Waals surface area contributed by atoms with Crippen molar-refractivity contribution in [2.75, 3.05) is 26.2 Å². The number of aliphatic hydroxyl groups is 1. The number of carbonyl (C=O) groups excluding carboxylic acids is 1. The molecule has 2 unspecified atom stereocenters. The van der Waals surface area contributed by atoms with E-state index in [4.69, 9.17) is 5.11 Å². The minimum Gasteiger partial charge on any atom is -0.465 e. The Morgan fingerprint density at radius 1 is 1.10 bits per heavy atom. The molecule has 1 saturated carbocycles. The standard InChI is InChI=1S/C21H27F3N2O5/c1-19(2)7-4-8-20(19,30)16(14-5-3-6-15(13-14)31-21(22,23)24)17(27)25-9-11-26(12-10-25)18(28)29/h3,5-6,13,16,30H,4,7-12H2,1-2H3,(H,28,29). The van der Waals surface area contributed by atoms with Crippen molar-refractivity contribution in [3.05, 3.63) is 29.8 Å². The van der Waals surface area contributed by atoms with Crippen LogP contribution in [0.5, 0.6) is 5.75 Å². The SMILES string of the molecule is CC1(C)CCCC1(O)C(C(=O)N1CCN(C(=O)O)CC1)c1cccc(OC(F)(F)F)c1. The predicted molar refractivity (Wildman–Crippen MR) is 105 cm³/mol. The summed E-state index contributed by atoms with van der Waals surface area (Å²) in [6.07, 6.45) is -4.28. The predicted octanol–water partition coefficient (Wildman–Crippen LogP) is 3.43. The van der Waals surface area contributed by atoms with E-state index < -0.39 is 41.0 Å². The molecule has 7 nitrogen and oxygen atoms in total. The van der Waals surface area contributed by atoms with Crippen LogP contribution in [0.4, 0.5) is 18.0 Å². The summed E-state index contributed by atoms with van der Waals surface area (Å²) in [5.41, 5.74) is -1.87. The molecule has 2 aliphatic rings. The molecular formula is C21H27F3N2O5. The van der Waals surface area contributed by atoms with Gasteiger partial charge in [-0.15, -0.1) is 13.2 Å². The quantitative estimate of drug-likeness (QED) is 0.743. The van der Waals surface area contributed by atoms with Gasteiger partial charge < -0.3 is 24.7 Å². The highest BCUT2D eigenvalue weighted by molar-refractivity contribution is 5.86. The summed E-state index contributed by atoms with van der Waals surface area (Å²) in [6.45, 7) is 4.25. The minimum absolute atomic E-state index is 0.132. The molecule has 0 radical (unpaired) electrons. The number of carboxylic acid groups (broad SMARTS) is 1. The van der Waals surface area contributed by atoms with Crippen LogP contribution in [0.3, 0.4) is 0 Å². The lowest BCUT2D eigenvalue weighted by Gasteiger charge is -2.45. The summed E-state index contributed by atoms with van der Waals surface area (Å²) in [5.74, 6) is -1.98. The minimum atomic E-state index is -4.88. The number of benzene rings is 1. The number of nitrogens with zero attached hydrogens (tertiary/aromatic N) is 2. The molecule has 10 heteroatoms. The summed E-state index contributed by atoms with van der Waals surface area (Å²) >= 11 is 0. The molecular weight excluding hydrogens is 417 g/mol. The second kappa shape index (κ2) is 8.22. The first-order valence-corrected chi connectivity index (χ1v) is 10.2. The first-order valence-electron chi connectivity index (χ1n) is 10.2. The third kappa shape index (κ3) is 4.73. The number of halogens is 3. The molecule has 172 valence electrons. The van der Waals surface area contributed by atoms with Crippen molar-refractivity contribution in [3.8, 4) is 5.75 Å². The van der Waals surface area contributed by atoms with E-state index in [1.54, 1.807) is 0 Å². The molecule has 1 aromatic rings. The van der Waals surface area contributed by atoms with Gasteiger partial charge >= 0.3 is 12.5 Å². The second-order valence-corrected chi connectivity index (χ2v) is 8.81. The Morgan fingerprint density at radius 3 is 2.23 bits per heavy atom. The van der Waals surface area contributed by atoms with E-state index in [-0.39, 0.29) is 31.7 Å². The number of piperazine rings is 1. The topological polar surface area (TPSA) is 90.3 Å². The highest BCUT2D eigenvalue weighted by Gasteiger charge is 2.56. The highest BCUT2D eigenvalue weighted by atomic mass is 19.4. The van der Waals surface area contributed by atoms with Crippen molar-refractivity contribution in [1.82, 2.24) is 9.80 Å². The van der Waals surface area contributed by atoms with Gasteiger partial charge in [0, 0.05) is 26.2 Å². The van der Waals surface area contributed by atoms with Gasteiger partial charge in [-0.3, -0.25) is 4.79 Å². The fourth-order valence-electron chi connectivity index (χ4n) is 4.70. The fourth-order valence-corrected chi connectivity index (χ4v) is 4.70. The van der Waals surface area contributed by atoms with Crippen molar-refractivity contribution in [3.63, 3.8) is 0 Å². The second-order valence-electron chi connectivity index (χ2n) is 8.81. The molecule has 0 spiro atoms. The van der Waals surface area contributed by atoms with Gasteiger partial charge in [0.25, 0.3) is 0 Å². The van der Waals surface area contributed by atoms with E-state index in [9.17, 15) is 27.9 Å². The third-order valence-corrected chi connectivity index (χ3v) is 6.54. The Kier molecular flexibility index (Phi) is 6.14. The smallest absolute Gasteiger partial charge is 0.465 e. The summed E-state index contributed by atoms with van der Waals surface area (Å²) in [4.78, 5) is 27.4. The van der Waals surface area contributed by atoms with Gasteiger partial charge in [-0.05, 0) is 42.4 Å². The van der Waals surface area contributed by atoms with Crippen LogP contribution in [-0.2, 0) is 4.79 Å². The first-order chi connectivity index (χ1) is 14.3. The van der Waals surface area contributed by atoms with Crippen LogP contribution >= 0.6 is 0 Å². The van der Waals surface area contributed by atoms with E-state index in [2.05, 4.69) is 4.74 Å². The normalized spacial score (nSPS) is 24.7. The maximum absolute atomic E-state index is 13.6. The first kappa shape index (κ1) is 23.2. The van der Waals surface area contributed by atoms with Crippen LogP contribution in [0.1, 0.15) is 44.6 Å². The van der Waals surface area contributed by atoms with Crippen LogP contribution in [-0.4, -0.2) is 70.2 Å². The van der Waals surface area contributed by atoms with Crippen molar-refractivity contribution in [1.29, 1.82) is 0 Å². The summed E-state index contributed by atoms with van der Waals surface area (Å²) in [7, 11) is 0. The summed E-state index contributed by atoms with van der Waals surface area (Å²) in [6, 6.07) is 5.18. The lowest BCUT2D eigenvalue weighted by molar-refractivity contribution is -0.274. The van der Waals surface area contributed by atoms with Crippen molar-refractivity contribution < 1.29 is 37.7 Å². The maximum Gasteiger partial charge on any atom is 0.573 e. The van der Waals surface area contributed by atoms with Gasteiger partial charge in [-0.1, -0.05) is 26.0 Å². The van der Waals surface area contributed by atoms with Gasteiger partial charge in [0.1, 0.15) is 5.75 Å². The van der Waals surface area contributed by atoms with Gasteiger partial charge in [0.15, 0.2) is 0 Å². The molecule has 1 aromatic carbocycles. The van der Waals surface area contributed by atoms with Gasteiger partial charge in [0.05, 0.1) is 11.5 Å². The van der Waals surface area contributed by atoms with E-state index >= 15 is 0 Å². The Balaban J connectivity index is 1.96. The zero-order valence-electron chi connectivity index (χ0n) is 17.5. The average molecular weight is 444 g/mol. The van der Waals surface area contributed by atoms with E-state index in [1.807, 2.05) is 13.8 Å². The number of hydrogen-bond acceptors (Lipinski definition) is 4.